The van der Waals surface area contributed by atoms with E-state index in [-0.39, 0.29) is 11.9 Å². The van der Waals surface area contributed by atoms with Gasteiger partial charge in [0.1, 0.15) is 11.5 Å². The van der Waals surface area contributed by atoms with Crippen molar-refractivity contribution >= 4 is 11.9 Å². The highest BCUT2D eigenvalue weighted by molar-refractivity contribution is 5.69. The lowest BCUT2D eigenvalue weighted by atomic mass is 10.1. The fraction of sp³-hybridized carbons (Fsp3) is 0.719. The molecule has 1 rings (SSSR count). The number of nitrogens with zero attached hydrogens (tertiary/aromatic N) is 1. The average Bonchev–Trinajstić information content (AvgIpc) is 3.27. The van der Waals surface area contributed by atoms with Crippen LogP contribution in [0.3, 0.4) is 0 Å². The Kier molecular flexibility index (Phi) is 42.4. The first kappa shape index (κ1) is 58.7. The molecule has 0 unspecified atom stereocenters. The van der Waals surface area contributed by atoms with Crippen molar-refractivity contribution in [2.45, 2.75) is 226 Å². The van der Waals surface area contributed by atoms with Crippen LogP contribution in [-0.2, 0) is 25.6 Å². The van der Waals surface area contributed by atoms with Gasteiger partial charge < -0.3 is 23.8 Å². The number of rotatable bonds is 46. The zero-order chi connectivity index (χ0) is 46.2. The summed E-state index contributed by atoms with van der Waals surface area (Å²) >= 11 is 0. The summed E-state index contributed by atoms with van der Waals surface area (Å²) in [5.74, 6) is 1.58. The molecule has 7 nitrogen and oxygen atoms in total. The minimum absolute atomic E-state index is 0.0549. The van der Waals surface area contributed by atoms with E-state index in [1.807, 2.05) is 6.07 Å². The minimum Gasteiger partial charge on any atom is -0.493 e. The molecule has 1 aromatic carbocycles. The number of carbonyl (C=O) groups excluding carboxylic acids is 2. The van der Waals surface area contributed by atoms with Crippen LogP contribution in [0.5, 0.6) is 11.5 Å². The summed E-state index contributed by atoms with van der Waals surface area (Å²) in [5.41, 5.74) is 1.17. The number of benzene rings is 1. The van der Waals surface area contributed by atoms with Crippen molar-refractivity contribution < 1.29 is 28.5 Å². The Morgan fingerprint density at radius 1 is 0.422 bits per heavy atom. The molecule has 7 heteroatoms. The SMILES string of the molecule is CCCCCC=CCC=CCCCCCCCC(=O)OCCCCCCOc1cc(CN(C)C)cc(OCCCCCCOC(=O)CCCCCCCC=CCC=CCCCCC)c1. The van der Waals surface area contributed by atoms with E-state index < -0.39 is 0 Å². The lowest BCUT2D eigenvalue weighted by molar-refractivity contribution is -0.144. The predicted octanol–water partition coefficient (Wildman–Crippen LogP) is 16.3. The van der Waals surface area contributed by atoms with Crippen LogP contribution < -0.4 is 9.47 Å². The molecule has 0 aliphatic rings. The molecule has 0 aliphatic carbocycles. The third-order valence-corrected chi connectivity index (χ3v) is 11.2. The van der Waals surface area contributed by atoms with Crippen LogP contribution in [0.4, 0.5) is 0 Å². The van der Waals surface area contributed by atoms with Crippen molar-refractivity contribution in [1.82, 2.24) is 4.90 Å². The Balaban J connectivity index is 2.05. The Bertz CT molecular complexity index is 1240. The maximum absolute atomic E-state index is 12.2. The van der Waals surface area contributed by atoms with Gasteiger partial charge in [0.15, 0.2) is 0 Å². The first-order valence-corrected chi connectivity index (χ1v) is 26.4. The third-order valence-electron chi connectivity index (χ3n) is 11.2. The highest BCUT2D eigenvalue weighted by Crippen LogP contribution is 2.25. The molecule has 0 bridgehead atoms. The molecule has 64 heavy (non-hydrogen) atoms. The summed E-state index contributed by atoms with van der Waals surface area (Å²) in [7, 11) is 4.14. The van der Waals surface area contributed by atoms with Crippen molar-refractivity contribution in [3.63, 3.8) is 0 Å². The van der Waals surface area contributed by atoms with Crippen molar-refractivity contribution in [3.8, 4) is 11.5 Å². The summed E-state index contributed by atoms with van der Waals surface area (Å²) in [6.07, 6.45) is 53.3. The number of carbonyl (C=O) groups is 2. The second-order valence-electron chi connectivity index (χ2n) is 18.0. The van der Waals surface area contributed by atoms with Crippen LogP contribution in [0.25, 0.3) is 0 Å². The molecule has 0 aromatic heterocycles. The van der Waals surface area contributed by atoms with Gasteiger partial charge in [-0.1, -0.05) is 127 Å². The van der Waals surface area contributed by atoms with E-state index in [0.717, 1.165) is 121 Å². The van der Waals surface area contributed by atoms with Crippen molar-refractivity contribution in [3.05, 3.63) is 72.4 Å². The van der Waals surface area contributed by atoms with Gasteiger partial charge in [0.05, 0.1) is 26.4 Å². The summed E-state index contributed by atoms with van der Waals surface area (Å²) < 4.78 is 23.3. The normalized spacial score (nSPS) is 11.9. The number of allylic oxidation sites excluding steroid dienone is 8. The Hall–Kier alpha value is -3.32. The van der Waals surface area contributed by atoms with Crippen LogP contribution >= 0.6 is 0 Å². The second-order valence-corrected chi connectivity index (χ2v) is 18.0. The smallest absolute Gasteiger partial charge is 0.305 e. The van der Waals surface area contributed by atoms with Crippen LogP contribution in [0, 0.1) is 0 Å². The number of hydrogen-bond acceptors (Lipinski definition) is 7. The number of hydrogen-bond donors (Lipinski definition) is 0. The lowest BCUT2D eigenvalue weighted by Gasteiger charge is -2.15. The quantitative estimate of drug-likeness (QED) is 0.0367. The molecular formula is C57H97NO6. The van der Waals surface area contributed by atoms with Crippen LogP contribution in [-0.4, -0.2) is 57.4 Å². The second kappa shape index (κ2) is 46.2. The molecule has 1 aromatic rings. The van der Waals surface area contributed by atoms with Crippen molar-refractivity contribution in [2.24, 2.45) is 0 Å². The Morgan fingerprint density at radius 2 is 0.766 bits per heavy atom. The van der Waals surface area contributed by atoms with E-state index in [9.17, 15) is 9.59 Å². The largest absolute Gasteiger partial charge is 0.493 e. The zero-order valence-corrected chi connectivity index (χ0v) is 41.9. The maximum atomic E-state index is 12.2. The monoisotopic (exact) mass is 892 g/mol. The standard InChI is InChI=1S/C57H97NO6/c1-5-7-9-11-13-15-17-19-21-23-25-27-29-31-37-43-56(59)63-47-41-35-33-39-45-61-54-49-53(52-58(3)4)50-55(51-54)62-46-40-34-36-42-48-64-57(60)44-38-32-30-28-26-24-22-20-18-16-14-12-10-8-6-2/h13-16,19-22,49-51H,5-12,17-18,23-48,52H2,1-4H3. The highest BCUT2D eigenvalue weighted by Gasteiger charge is 2.07. The van der Waals surface area contributed by atoms with Crippen LogP contribution in [0.2, 0.25) is 0 Å². The number of ether oxygens (including phenoxy) is 4. The fourth-order valence-corrected chi connectivity index (χ4v) is 7.43. The number of esters is 2. The van der Waals surface area contributed by atoms with E-state index in [0.29, 0.717) is 39.3 Å². The van der Waals surface area contributed by atoms with Gasteiger partial charge in [-0.2, -0.15) is 0 Å². The van der Waals surface area contributed by atoms with Gasteiger partial charge in [0.2, 0.25) is 0 Å². The van der Waals surface area contributed by atoms with E-state index in [1.165, 1.54) is 95.5 Å². The van der Waals surface area contributed by atoms with Gasteiger partial charge >= 0.3 is 11.9 Å². The van der Waals surface area contributed by atoms with Gasteiger partial charge in [-0.05, 0) is 160 Å². The Labute approximate surface area is 394 Å². The van der Waals surface area contributed by atoms with E-state index in [2.05, 4.69) is 93.6 Å². The molecule has 0 amide bonds. The summed E-state index contributed by atoms with van der Waals surface area (Å²) in [6.45, 7) is 7.63. The summed E-state index contributed by atoms with van der Waals surface area (Å²) in [5, 5.41) is 0. The van der Waals surface area contributed by atoms with Gasteiger partial charge in [-0.3, -0.25) is 9.59 Å². The van der Waals surface area contributed by atoms with Gasteiger partial charge in [-0.15, -0.1) is 0 Å². The molecule has 0 radical (unpaired) electrons. The highest BCUT2D eigenvalue weighted by atomic mass is 16.5. The predicted molar refractivity (Wildman–Crippen MR) is 272 cm³/mol. The van der Waals surface area contributed by atoms with Crippen molar-refractivity contribution in [1.29, 1.82) is 0 Å². The Morgan fingerprint density at radius 3 is 1.16 bits per heavy atom. The summed E-state index contributed by atoms with van der Waals surface area (Å²) in [4.78, 5) is 26.5. The minimum atomic E-state index is -0.0549. The molecule has 0 atom stereocenters. The van der Waals surface area contributed by atoms with Gasteiger partial charge in [-0.25, -0.2) is 0 Å². The van der Waals surface area contributed by atoms with Crippen LogP contribution in [0.15, 0.2) is 66.8 Å². The zero-order valence-electron chi connectivity index (χ0n) is 41.9. The molecule has 0 spiro atoms. The molecule has 0 saturated carbocycles. The van der Waals surface area contributed by atoms with E-state index in [1.54, 1.807) is 0 Å². The maximum Gasteiger partial charge on any atom is 0.305 e. The van der Waals surface area contributed by atoms with Gasteiger partial charge in [0.25, 0.3) is 0 Å². The molecule has 0 saturated heterocycles. The first-order valence-electron chi connectivity index (χ1n) is 26.4. The molecule has 0 heterocycles. The third kappa shape index (κ3) is 41.4. The molecule has 0 fully saturated rings. The van der Waals surface area contributed by atoms with E-state index in [4.69, 9.17) is 18.9 Å². The fourth-order valence-electron chi connectivity index (χ4n) is 7.43. The van der Waals surface area contributed by atoms with Gasteiger partial charge in [0, 0.05) is 25.5 Å². The van der Waals surface area contributed by atoms with Crippen LogP contribution in [0.1, 0.15) is 225 Å². The van der Waals surface area contributed by atoms with E-state index >= 15 is 0 Å². The number of unbranched alkanes of at least 4 members (excludes halogenated alkanes) is 22. The summed E-state index contributed by atoms with van der Waals surface area (Å²) in [6, 6.07) is 6.22. The molecule has 0 aliphatic heterocycles. The molecule has 0 N–H and O–H groups in total. The lowest BCUT2D eigenvalue weighted by Crippen LogP contribution is -2.11. The molecule has 366 valence electrons. The topological polar surface area (TPSA) is 74.3 Å². The van der Waals surface area contributed by atoms with Crippen molar-refractivity contribution in [2.75, 3.05) is 40.5 Å². The molecular weight excluding hydrogens is 795 g/mol. The average molecular weight is 892 g/mol. The first-order chi connectivity index (χ1) is 31.4.